The van der Waals surface area contributed by atoms with Crippen LogP contribution in [0.4, 0.5) is 8.78 Å². The van der Waals surface area contributed by atoms with Crippen LogP contribution in [0.15, 0.2) is 48.5 Å². The molecular weight excluding hydrogens is 552 g/mol. The third-order valence-electron chi connectivity index (χ3n) is 7.33. The molecule has 0 amide bonds. The van der Waals surface area contributed by atoms with Crippen molar-refractivity contribution in [2.24, 2.45) is 0 Å². The molecule has 0 spiro atoms. The highest BCUT2D eigenvalue weighted by Gasteiger charge is 2.55. The lowest BCUT2D eigenvalue weighted by atomic mass is 9.79. The Hall–Kier alpha value is -1.13. The van der Waals surface area contributed by atoms with Crippen LogP contribution in [0, 0.1) is 11.6 Å². The van der Waals surface area contributed by atoms with E-state index in [1.165, 1.54) is 24.3 Å². The molecule has 0 aliphatic carbocycles. The Balaban J connectivity index is 2.32. The van der Waals surface area contributed by atoms with Gasteiger partial charge in [-0.15, -0.1) is 0 Å². The maximum atomic E-state index is 14.0. The van der Waals surface area contributed by atoms with Crippen molar-refractivity contribution < 1.29 is 21.6 Å². The van der Waals surface area contributed by atoms with Gasteiger partial charge in [-0.1, -0.05) is 61.0 Å². The molecule has 0 radical (unpaired) electrons. The van der Waals surface area contributed by atoms with Crippen molar-refractivity contribution in [3.63, 3.8) is 0 Å². The van der Waals surface area contributed by atoms with E-state index in [4.69, 9.17) is 4.43 Å². The molecule has 0 saturated carbocycles. The summed E-state index contributed by atoms with van der Waals surface area (Å²) in [5, 5.41) is 0.406. The molecule has 4 nitrogen and oxygen atoms in total. The van der Waals surface area contributed by atoms with Crippen molar-refractivity contribution in [3.05, 3.63) is 71.3 Å². The van der Waals surface area contributed by atoms with Gasteiger partial charge in [0.25, 0.3) is 0 Å². The third-order valence-corrected chi connectivity index (χ3v) is 14.3. The Bertz CT molecular complexity index is 1060. The lowest BCUT2D eigenvalue weighted by Gasteiger charge is -2.50. The predicted octanol–water partition coefficient (Wildman–Crippen LogP) is 6.81. The van der Waals surface area contributed by atoms with Crippen LogP contribution in [0.2, 0.25) is 18.1 Å². The summed E-state index contributed by atoms with van der Waals surface area (Å²) in [7, 11) is -6.12. The summed E-state index contributed by atoms with van der Waals surface area (Å²) in [6, 6.07) is 11.7. The van der Waals surface area contributed by atoms with Crippen LogP contribution in [0.3, 0.4) is 0 Å². The minimum atomic E-state index is -3.59. The lowest BCUT2D eigenvalue weighted by molar-refractivity contribution is 0.0321. The average Bonchev–Trinajstić information content (AvgIpc) is 3.28. The number of halogens is 3. The molecule has 1 atom stereocenters. The molecule has 35 heavy (non-hydrogen) atoms. The van der Waals surface area contributed by atoms with Gasteiger partial charge in [-0.25, -0.2) is 17.2 Å². The Morgan fingerprint density at radius 1 is 1.00 bits per heavy atom. The van der Waals surface area contributed by atoms with Gasteiger partial charge < -0.3 is 4.43 Å². The minimum Gasteiger partial charge on any atom is -0.402 e. The fourth-order valence-corrected chi connectivity index (χ4v) is 8.45. The van der Waals surface area contributed by atoms with Crippen LogP contribution in [0.25, 0.3) is 0 Å². The number of rotatable bonds is 9. The molecule has 0 N–H and O–H groups in total. The first-order valence-corrected chi connectivity index (χ1v) is 17.7. The van der Waals surface area contributed by atoms with Crippen molar-refractivity contribution in [2.45, 2.75) is 69.8 Å². The van der Waals surface area contributed by atoms with Crippen LogP contribution >= 0.6 is 15.9 Å². The molecule has 0 unspecified atom stereocenters. The predicted molar refractivity (Wildman–Crippen MR) is 144 cm³/mol. The summed E-state index contributed by atoms with van der Waals surface area (Å²) in [6.45, 7) is 11.0. The molecule has 194 valence electrons. The van der Waals surface area contributed by atoms with Crippen molar-refractivity contribution in [1.82, 2.24) is 4.31 Å². The highest BCUT2D eigenvalue weighted by Crippen LogP contribution is 2.50. The molecule has 1 saturated heterocycles. The molecule has 1 fully saturated rings. The quantitative estimate of drug-likeness (QED) is 0.239. The second-order valence-corrected chi connectivity index (χ2v) is 18.3. The largest absolute Gasteiger partial charge is 0.402 e. The first-order valence-electron chi connectivity index (χ1n) is 12.0. The van der Waals surface area contributed by atoms with Crippen LogP contribution in [0.1, 0.15) is 51.2 Å². The van der Waals surface area contributed by atoms with Crippen LogP contribution in [-0.2, 0) is 20.1 Å². The maximum absolute atomic E-state index is 14.0. The zero-order valence-corrected chi connectivity index (χ0v) is 24.6. The Morgan fingerprint density at radius 2 is 1.49 bits per heavy atom. The molecule has 1 aliphatic heterocycles. The van der Waals surface area contributed by atoms with E-state index in [9.17, 15) is 17.2 Å². The molecule has 3 rings (SSSR count). The Kier molecular flexibility index (Phi) is 8.69. The van der Waals surface area contributed by atoms with E-state index in [0.717, 1.165) is 0 Å². The summed E-state index contributed by atoms with van der Waals surface area (Å²) < 4.78 is 64.0. The zero-order chi connectivity index (χ0) is 26.1. The van der Waals surface area contributed by atoms with Gasteiger partial charge in [0, 0.05) is 11.9 Å². The number of hydrogen-bond donors (Lipinski definition) is 0. The molecular formula is C26H36BrF2NO3SSi. The van der Waals surface area contributed by atoms with Gasteiger partial charge in [-0.3, -0.25) is 0 Å². The fourth-order valence-electron chi connectivity index (χ4n) is 4.52. The summed E-state index contributed by atoms with van der Waals surface area (Å²) in [4.78, 5) is 0. The molecule has 9 heteroatoms. The third kappa shape index (κ3) is 5.90. The lowest BCUT2D eigenvalue weighted by Crippen LogP contribution is -2.58. The standard InChI is InChI=1S/C26H36BrF2NO3SSi/c1-25(2,3)35(4,5)33-26(20-9-13-22(28)14-10-20,21-11-15-23(29)16-12-21)24-8-6-18-30(24)34(31,32)19-7-17-27/h9-16,24H,6-8,17-19H2,1-5H3/t24-/m1/s1. The van der Waals surface area contributed by atoms with Gasteiger partial charge in [-0.2, -0.15) is 4.31 Å². The number of alkyl halides is 1. The molecule has 2 aromatic rings. The van der Waals surface area contributed by atoms with E-state index in [1.54, 1.807) is 28.6 Å². The molecule has 0 aromatic heterocycles. The van der Waals surface area contributed by atoms with Crippen molar-refractivity contribution in [2.75, 3.05) is 17.6 Å². The Labute approximate surface area is 218 Å². The van der Waals surface area contributed by atoms with E-state index in [1.807, 2.05) is 0 Å². The minimum absolute atomic E-state index is 0.0256. The van der Waals surface area contributed by atoms with E-state index in [-0.39, 0.29) is 22.4 Å². The summed E-state index contributed by atoms with van der Waals surface area (Å²) in [5.41, 5.74) is 0.119. The maximum Gasteiger partial charge on any atom is 0.214 e. The van der Waals surface area contributed by atoms with E-state index in [0.29, 0.717) is 42.3 Å². The molecule has 1 aliphatic rings. The van der Waals surface area contributed by atoms with Crippen molar-refractivity contribution >= 4 is 34.3 Å². The highest BCUT2D eigenvalue weighted by atomic mass is 79.9. The zero-order valence-electron chi connectivity index (χ0n) is 21.2. The van der Waals surface area contributed by atoms with Gasteiger partial charge in [0.05, 0.1) is 11.8 Å². The van der Waals surface area contributed by atoms with Gasteiger partial charge in [0.15, 0.2) is 8.32 Å². The van der Waals surface area contributed by atoms with E-state index in [2.05, 4.69) is 49.8 Å². The Morgan fingerprint density at radius 3 is 1.91 bits per heavy atom. The number of benzene rings is 2. The normalized spacial score (nSPS) is 18.2. The molecule has 0 bridgehead atoms. The van der Waals surface area contributed by atoms with Gasteiger partial charge >= 0.3 is 0 Å². The topological polar surface area (TPSA) is 46.6 Å². The number of nitrogens with zero attached hydrogens (tertiary/aromatic N) is 1. The highest BCUT2D eigenvalue weighted by molar-refractivity contribution is 9.09. The fraction of sp³-hybridized carbons (Fsp3) is 0.538. The van der Waals surface area contributed by atoms with Gasteiger partial charge in [0.1, 0.15) is 17.2 Å². The average molecular weight is 589 g/mol. The molecule has 2 aromatic carbocycles. The van der Waals surface area contributed by atoms with Gasteiger partial charge in [0.2, 0.25) is 10.0 Å². The van der Waals surface area contributed by atoms with E-state index < -0.39 is 30.0 Å². The second-order valence-electron chi connectivity index (χ2n) is 10.7. The van der Waals surface area contributed by atoms with Crippen molar-refractivity contribution in [1.29, 1.82) is 0 Å². The smallest absolute Gasteiger partial charge is 0.214 e. The van der Waals surface area contributed by atoms with Crippen LogP contribution in [-0.4, -0.2) is 44.7 Å². The second kappa shape index (κ2) is 10.7. The summed E-state index contributed by atoms with van der Waals surface area (Å²) in [5.74, 6) is -0.748. The first kappa shape index (κ1) is 28.4. The van der Waals surface area contributed by atoms with Crippen molar-refractivity contribution in [3.8, 4) is 0 Å². The number of hydrogen-bond acceptors (Lipinski definition) is 3. The van der Waals surface area contributed by atoms with Crippen LogP contribution < -0.4 is 0 Å². The SMILES string of the molecule is CC(C)(C)[Si](C)(C)OC(c1ccc(F)cc1)(c1ccc(F)cc1)[C@H]1CCCN1S(=O)(=O)CCCBr. The first-order chi connectivity index (χ1) is 16.2. The number of sulfonamides is 1. The van der Waals surface area contributed by atoms with E-state index >= 15 is 0 Å². The monoisotopic (exact) mass is 587 g/mol. The molecule has 1 heterocycles. The van der Waals surface area contributed by atoms with Gasteiger partial charge in [-0.05, 0) is 72.8 Å². The summed E-state index contributed by atoms with van der Waals surface area (Å²) >= 11 is 3.34. The summed E-state index contributed by atoms with van der Waals surface area (Å²) in [6.07, 6.45) is 1.76. The van der Waals surface area contributed by atoms with Crippen LogP contribution in [0.5, 0.6) is 0 Å².